The van der Waals surface area contributed by atoms with E-state index in [-0.39, 0.29) is 18.2 Å². The summed E-state index contributed by atoms with van der Waals surface area (Å²) in [6.07, 6.45) is 0.0939. The number of aromatic nitrogens is 2. The van der Waals surface area contributed by atoms with Crippen molar-refractivity contribution >= 4 is 34.4 Å². The molecular formula is C29H29F3N4O3S. The Morgan fingerprint density at radius 2 is 2.05 bits per heavy atom. The van der Waals surface area contributed by atoms with Crippen LogP contribution in [0, 0.1) is 6.92 Å². The number of halogens is 3. The second kappa shape index (κ2) is 12.2. The number of esters is 1. The number of aliphatic imine (C=N–C) groups is 1. The molecule has 1 aliphatic rings. The smallest absolute Gasteiger partial charge is 0.416 e. The van der Waals surface area contributed by atoms with Gasteiger partial charge in [0, 0.05) is 18.1 Å². The molecule has 0 radical (unpaired) electrons. The van der Waals surface area contributed by atoms with Crippen LogP contribution in [-0.2, 0) is 39.9 Å². The van der Waals surface area contributed by atoms with Gasteiger partial charge in [-0.3, -0.25) is 9.79 Å². The highest BCUT2D eigenvalue weighted by Crippen LogP contribution is 2.41. The number of thioether (sulfide) groups is 1. The topological polar surface area (TPSA) is 96.7 Å². The molecule has 210 valence electrons. The molecule has 4 rings (SSSR count). The SMILES string of the molecule is C=CN=C(SCc1cc(C)cc(Nc2cc(C(F)(F)F)ccn2)n1)C1(O)CCCc2cc(CC(=O)OC)ccc21. The van der Waals surface area contributed by atoms with Gasteiger partial charge in [-0.15, -0.1) is 11.8 Å². The number of methoxy groups -OCH3 is 1. The second-order valence-corrected chi connectivity index (χ2v) is 10.4. The van der Waals surface area contributed by atoms with Gasteiger partial charge in [-0.2, -0.15) is 13.2 Å². The highest BCUT2D eigenvalue weighted by molar-refractivity contribution is 8.13. The van der Waals surface area contributed by atoms with E-state index in [4.69, 9.17) is 4.74 Å². The third-order valence-corrected chi connectivity index (χ3v) is 7.62. The van der Waals surface area contributed by atoms with Crippen LogP contribution in [0.25, 0.3) is 0 Å². The molecule has 1 unspecified atom stereocenters. The summed E-state index contributed by atoms with van der Waals surface area (Å²) in [4.78, 5) is 24.7. The molecule has 1 aromatic carbocycles. The summed E-state index contributed by atoms with van der Waals surface area (Å²) in [6.45, 7) is 5.57. The van der Waals surface area contributed by atoms with Gasteiger partial charge in [-0.1, -0.05) is 24.8 Å². The first-order valence-electron chi connectivity index (χ1n) is 12.5. The summed E-state index contributed by atoms with van der Waals surface area (Å²) in [5, 5.41) is 15.2. The number of alkyl halides is 3. The monoisotopic (exact) mass is 570 g/mol. The van der Waals surface area contributed by atoms with Crippen molar-refractivity contribution in [3.63, 3.8) is 0 Å². The Morgan fingerprint density at radius 1 is 1.25 bits per heavy atom. The summed E-state index contributed by atoms with van der Waals surface area (Å²) < 4.78 is 44.1. The van der Waals surface area contributed by atoms with Crippen LogP contribution in [0.3, 0.4) is 0 Å². The van der Waals surface area contributed by atoms with Crippen molar-refractivity contribution in [2.75, 3.05) is 12.4 Å². The normalized spacial score (nSPS) is 17.2. The standard InChI is InChI=1S/C29H29F3N4O3S/c1-4-33-27(28(38)10-5-6-20-14-19(7-8-23(20)28)15-26(37)39-3)40-17-22-12-18(2)13-25(35-22)36-24-16-21(9-11-34-24)29(30,31)32/h4,7-9,11-14,16,38H,1,5-6,10,15,17H2,2-3H3,(H,34,35,36). The van der Waals surface area contributed by atoms with Crippen molar-refractivity contribution in [2.45, 2.75) is 50.1 Å². The predicted octanol–water partition coefficient (Wildman–Crippen LogP) is 6.26. The Morgan fingerprint density at radius 3 is 2.77 bits per heavy atom. The van der Waals surface area contributed by atoms with Crippen LogP contribution in [-0.4, -0.2) is 33.2 Å². The van der Waals surface area contributed by atoms with Crippen molar-refractivity contribution in [2.24, 2.45) is 4.99 Å². The van der Waals surface area contributed by atoms with E-state index in [1.54, 1.807) is 6.07 Å². The summed E-state index contributed by atoms with van der Waals surface area (Å²) in [5.41, 5.74) is 1.83. The van der Waals surface area contributed by atoms with Crippen LogP contribution in [0.15, 0.2) is 66.4 Å². The lowest BCUT2D eigenvalue weighted by atomic mass is 9.79. The fourth-order valence-electron chi connectivity index (χ4n) is 4.67. The number of carbonyl (C=O) groups is 1. The first-order chi connectivity index (χ1) is 19.0. The van der Waals surface area contributed by atoms with Crippen LogP contribution in [0.4, 0.5) is 24.8 Å². The molecular weight excluding hydrogens is 541 g/mol. The van der Waals surface area contributed by atoms with Crippen molar-refractivity contribution in [1.29, 1.82) is 0 Å². The molecule has 2 heterocycles. The van der Waals surface area contributed by atoms with Crippen molar-refractivity contribution in [3.8, 4) is 0 Å². The Kier molecular flexibility index (Phi) is 8.95. The maximum Gasteiger partial charge on any atom is 0.416 e. The lowest BCUT2D eigenvalue weighted by molar-refractivity contribution is -0.140. The molecule has 1 aliphatic carbocycles. The summed E-state index contributed by atoms with van der Waals surface area (Å²) in [7, 11) is 1.35. The van der Waals surface area contributed by atoms with Crippen LogP contribution in [0.1, 0.15) is 46.4 Å². The molecule has 0 saturated carbocycles. The number of anilines is 2. The molecule has 2 aromatic heterocycles. The Labute approximate surface area is 234 Å². The van der Waals surface area contributed by atoms with E-state index < -0.39 is 17.3 Å². The molecule has 0 saturated heterocycles. The second-order valence-electron chi connectivity index (χ2n) is 9.44. The maximum atomic E-state index is 13.1. The molecule has 40 heavy (non-hydrogen) atoms. The number of fused-ring (bicyclic) bond motifs is 1. The summed E-state index contributed by atoms with van der Waals surface area (Å²) >= 11 is 1.32. The highest BCUT2D eigenvalue weighted by Gasteiger charge is 2.39. The zero-order valence-electron chi connectivity index (χ0n) is 22.1. The minimum absolute atomic E-state index is 0.0279. The molecule has 7 nitrogen and oxygen atoms in total. The maximum absolute atomic E-state index is 13.1. The number of nitrogens with zero attached hydrogens (tertiary/aromatic N) is 3. The van der Waals surface area contributed by atoms with Gasteiger partial charge in [-0.25, -0.2) is 9.97 Å². The van der Waals surface area contributed by atoms with Crippen LogP contribution in [0.2, 0.25) is 0 Å². The predicted molar refractivity (Wildman–Crippen MR) is 149 cm³/mol. The number of pyridine rings is 2. The van der Waals surface area contributed by atoms with E-state index in [1.807, 2.05) is 31.2 Å². The van der Waals surface area contributed by atoms with E-state index in [0.29, 0.717) is 28.7 Å². The molecule has 11 heteroatoms. The zero-order chi connectivity index (χ0) is 28.9. The Hall–Kier alpha value is -3.70. The van der Waals surface area contributed by atoms with Gasteiger partial charge in [0.2, 0.25) is 0 Å². The van der Waals surface area contributed by atoms with E-state index >= 15 is 0 Å². The van der Waals surface area contributed by atoms with Crippen LogP contribution < -0.4 is 5.32 Å². The third-order valence-electron chi connectivity index (χ3n) is 6.46. The van der Waals surface area contributed by atoms with Crippen LogP contribution >= 0.6 is 11.8 Å². The summed E-state index contributed by atoms with van der Waals surface area (Å²) in [5.74, 6) is 0.389. The number of hydrogen-bond donors (Lipinski definition) is 2. The fourth-order valence-corrected chi connectivity index (χ4v) is 5.70. The molecule has 1 atom stereocenters. The number of aliphatic hydroxyl groups is 1. The Bertz CT molecular complexity index is 1440. The minimum atomic E-state index is -4.48. The lowest BCUT2D eigenvalue weighted by Crippen LogP contribution is -2.37. The number of ether oxygens (including phenoxy) is 1. The number of benzene rings is 1. The Balaban J connectivity index is 1.55. The fraction of sp³-hybridized carbons (Fsp3) is 0.310. The first kappa shape index (κ1) is 29.3. The molecule has 0 bridgehead atoms. The summed E-state index contributed by atoms with van der Waals surface area (Å²) in [6, 6.07) is 11.0. The lowest BCUT2D eigenvalue weighted by Gasteiger charge is -2.35. The molecule has 2 N–H and O–H groups in total. The van der Waals surface area contributed by atoms with E-state index in [1.165, 1.54) is 25.1 Å². The van der Waals surface area contributed by atoms with E-state index in [9.17, 15) is 23.1 Å². The van der Waals surface area contributed by atoms with Gasteiger partial charge >= 0.3 is 12.1 Å². The highest BCUT2D eigenvalue weighted by atomic mass is 32.2. The molecule has 0 amide bonds. The van der Waals surface area contributed by atoms with Crippen LogP contribution in [0.5, 0.6) is 0 Å². The molecule has 0 fully saturated rings. The minimum Gasteiger partial charge on any atom is -0.469 e. The number of rotatable bonds is 8. The van der Waals surface area contributed by atoms with Gasteiger partial charge in [-0.05, 0) is 72.7 Å². The molecule has 3 aromatic rings. The van der Waals surface area contributed by atoms with Gasteiger partial charge in [0.25, 0.3) is 0 Å². The van der Waals surface area contributed by atoms with Gasteiger partial charge in [0.05, 0.1) is 24.8 Å². The molecule has 0 spiro atoms. The van der Waals surface area contributed by atoms with Gasteiger partial charge in [0.15, 0.2) is 0 Å². The van der Waals surface area contributed by atoms with Gasteiger partial charge < -0.3 is 15.2 Å². The first-order valence-corrected chi connectivity index (χ1v) is 13.5. The van der Waals surface area contributed by atoms with E-state index in [2.05, 4.69) is 26.9 Å². The number of hydrogen-bond acceptors (Lipinski definition) is 8. The van der Waals surface area contributed by atoms with Crippen molar-refractivity contribution in [3.05, 3.63) is 95.0 Å². The number of nitrogens with one attached hydrogen (secondary N) is 1. The average molecular weight is 571 g/mol. The van der Waals surface area contributed by atoms with Gasteiger partial charge in [0.1, 0.15) is 22.3 Å². The number of aryl methyl sites for hydroxylation is 2. The largest absolute Gasteiger partial charge is 0.469 e. The van der Waals surface area contributed by atoms with Crippen molar-refractivity contribution < 1.29 is 27.8 Å². The third kappa shape index (κ3) is 6.89. The zero-order valence-corrected chi connectivity index (χ0v) is 22.9. The quantitative estimate of drug-likeness (QED) is 0.187. The average Bonchev–Trinajstić information content (AvgIpc) is 2.90. The van der Waals surface area contributed by atoms with E-state index in [0.717, 1.165) is 53.4 Å². The molecule has 0 aliphatic heterocycles. The number of carbonyl (C=O) groups excluding carboxylic acids is 1. The van der Waals surface area contributed by atoms with Crippen molar-refractivity contribution in [1.82, 2.24) is 9.97 Å².